The molecule has 22 heavy (non-hydrogen) atoms. The van der Waals surface area contributed by atoms with Crippen molar-refractivity contribution in [1.82, 2.24) is 0 Å². The largest absolute Gasteiger partial charge is 0.303 e. The number of benzene rings is 2. The van der Waals surface area contributed by atoms with E-state index in [1.165, 1.54) is 0 Å². The van der Waals surface area contributed by atoms with Crippen LogP contribution in [0.4, 0.5) is 5.69 Å². The summed E-state index contributed by atoms with van der Waals surface area (Å²) in [5.41, 5.74) is 2.41. The number of carbonyl (C=O) groups is 1. The van der Waals surface area contributed by atoms with Gasteiger partial charge >= 0.3 is 0 Å². The summed E-state index contributed by atoms with van der Waals surface area (Å²) < 4.78 is 0. The second-order valence-corrected chi connectivity index (χ2v) is 4.87. The molecule has 2 aromatic rings. The number of fused-ring (bicyclic) bond motifs is 1. The van der Waals surface area contributed by atoms with Gasteiger partial charge in [-0.05, 0) is 11.6 Å². The van der Waals surface area contributed by atoms with Gasteiger partial charge in [-0.1, -0.05) is 48.5 Å². The Morgan fingerprint density at radius 2 is 1.59 bits per heavy atom. The number of rotatable bonds is 2. The minimum absolute atomic E-state index is 0.145. The smallest absolute Gasteiger partial charge is 0.261 e. The third-order valence-corrected chi connectivity index (χ3v) is 3.58. The first-order valence-electron chi connectivity index (χ1n) is 6.76. The van der Waals surface area contributed by atoms with Gasteiger partial charge in [0.1, 0.15) is 17.7 Å². The van der Waals surface area contributed by atoms with E-state index < -0.39 is 0 Å². The molecule has 0 aromatic heterocycles. The quantitative estimate of drug-likeness (QED) is 0.629. The Morgan fingerprint density at radius 3 is 2.27 bits per heavy atom. The molecule has 1 amide bonds. The van der Waals surface area contributed by atoms with Crippen LogP contribution in [-0.2, 0) is 11.3 Å². The predicted molar refractivity (Wildman–Crippen MR) is 82.2 cm³/mol. The van der Waals surface area contributed by atoms with Crippen molar-refractivity contribution in [3.8, 4) is 12.1 Å². The molecule has 4 heteroatoms. The van der Waals surface area contributed by atoms with Crippen molar-refractivity contribution >= 4 is 17.2 Å². The number of allylic oxidation sites excluding steroid dienone is 1. The first-order chi connectivity index (χ1) is 10.8. The van der Waals surface area contributed by atoms with Gasteiger partial charge in [0.05, 0.1) is 17.8 Å². The molecule has 1 aliphatic rings. The zero-order valence-electron chi connectivity index (χ0n) is 11.7. The molecular weight excluding hydrogens is 274 g/mol. The van der Waals surface area contributed by atoms with Gasteiger partial charge < -0.3 is 4.90 Å². The standard InChI is InChI=1S/C18H11N3O/c19-10-14(11-20)17-15-8-4-5-9-16(15)21(18(17)22)12-13-6-2-1-3-7-13/h1-9H,12H2. The van der Waals surface area contributed by atoms with Crippen LogP contribution in [-0.4, -0.2) is 5.91 Å². The highest BCUT2D eigenvalue weighted by Gasteiger charge is 2.34. The van der Waals surface area contributed by atoms with Crippen LogP contribution < -0.4 is 4.90 Å². The molecule has 0 fully saturated rings. The molecule has 0 radical (unpaired) electrons. The van der Waals surface area contributed by atoms with Crippen LogP contribution >= 0.6 is 0 Å². The normalized spacial score (nSPS) is 12.5. The average Bonchev–Trinajstić information content (AvgIpc) is 2.83. The molecule has 3 rings (SSSR count). The van der Waals surface area contributed by atoms with Crippen LogP contribution in [0, 0.1) is 22.7 Å². The molecule has 0 unspecified atom stereocenters. The van der Waals surface area contributed by atoms with Gasteiger partial charge in [0, 0.05) is 5.56 Å². The molecule has 0 atom stereocenters. The van der Waals surface area contributed by atoms with Crippen LogP contribution in [0.15, 0.2) is 60.2 Å². The van der Waals surface area contributed by atoms with Crippen molar-refractivity contribution in [3.63, 3.8) is 0 Å². The number of anilines is 1. The Kier molecular flexibility index (Phi) is 3.43. The third kappa shape index (κ3) is 2.13. The highest BCUT2D eigenvalue weighted by Crippen LogP contribution is 2.38. The zero-order chi connectivity index (χ0) is 15.5. The molecular formula is C18H11N3O. The maximum atomic E-state index is 12.7. The van der Waals surface area contributed by atoms with Crippen LogP contribution in [0.2, 0.25) is 0 Å². The first kappa shape index (κ1) is 13.6. The number of amides is 1. The highest BCUT2D eigenvalue weighted by atomic mass is 16.2. The van der Waals surface area contributed by atoms with Crippen molar-refractivity contribution in [3.05, 3.63) is 71.3 Å². The van der Waals surface area contributed by atoms with Gasteiger partial charge in [-0.25, -0.2) is 0 Å². The maximum Gasteiger partial charge on any atom is 0.261 e. The number of nitriles is 2. The molecule has 0 saturated heterocycles. The molecule has 0 N–H and O–H groups in total. The molecule has 0 bridgehead atoms. The summed E-state index contributed by atoms with van der Waals surface area (Å²) >= 11 is 0. The Balaban J connectivity index is 2.12. The van der Waals surface area contributed by atoms with Gasteiger partial charge in [0.15, 0.2) is 0 Å². The van der Waals surface area contributed by atoms with E-state index in [2.05, 4.69) is 0 Å². The second-order valence-electron chi connectivity index (χ2n) is 4.87. The van der Waals surface area contributed by atoms with E-state index in [4.69, 9.17) is 10.5 Å². The summed E-state index contributed by atoms with van der Waals surface area (Å²) in [4.78, 5) is 14.3. The zero-order valence-corrected chi connectivity index (χ0v) is 11.7. The van der Waals surface area contributed by atoms with E-state index in [-0.39, 0.29) is 17.1 Å². The minimum atomic E-state index is -0.303. The summed E-state index contributed by atoms with van der Waals surface area (Å²) in [6.45, 7) is 0.407. The fourth-order valence-electron chi connectivity index (χ4n) is 2.58. The lowest BCUT2D eigenvalue weighted by Gasteiger charge is -2.17. The molecule has 4 nitrogen and oxygen atoms in total. The van der Waals surface area contributed by atoms with Gasteiger partial charge in [-0.2, -0.15) is 10.5 Å². The van der Waals surface area contributed by atoms with Gasteiger partial charge in [0.2, 0.25) is 0 Å². The lowest BCUT2D eigenvalue weighted by atomic mass is 10.0. The van der Waals surface area contributed by atoms with Gasteiger partial charge in [-0.3, -0.25) is 4.79 Å². The minimum Gasteiger partial charge on any atom is -0.303 e. The molecule has 0 spiro atoms. The summed E-state index contributed by atoms with van der Waals surface area (Å²) in [7, 11) is 0. The molecule has 2 aromatic carbocycles. The van der Waals surface area contributed by atoms with Crippen molar-refractivity contribution in [2.75, 3.05) is 4.90 Å². The van der Waals surface area contributed by atoms with E-state index in [9.17, 15) is 4.79 Å². The number of carbonyl (C=O) groups excluding carboxylic acids is 1. The fourth-order valence-corrected chi connectivity index (χ4v) is 2.58. The molecule has 0 aliphatic carbocycles. The Bertz CT molecular complexity index is 838. The molecule has 0 saturated carbocycles. The topological polar surface area (TPSA) is 67.9 Å². The van der Waals surface area contributed by atoms with Crippen LogP contribution in [0.5, 0.6) is 0 Å². The Morgan fingerprint density at radius 1 is 0.955 bits per heavy atom. The maximum absolute atomic E-state index is 12.7. The predicted octanol–water partition coefficient (Wildman–Crippen LogP) is 3.03. The van der Waals surface area contributed by atoms with Crippen LogP contribution in [0.1, 0.15) is 11.1 Å². The first-order valence-corrected chi connectivity index (χ1v) is 6.76. The molecule has 1 aliphatic heterocycles. The summed E-state index contributed by atoms with van der Waals surface area (Å²) in [6.07, 6.45) is 0. The monoisotopic (exact) mass is 285 g/mol. The van der Waals surface area contributed by atoms with Crippen LogP contribution in [0.3, 0.4) is 0 Å². The average molecular weight is 285 g/mol. The van der Waals surface area contributed by atoms with E-state index in [1.807, 2.05) is 54.6 Å². The Hall–Kier alpha value is -3.37. The van der Waals surface area contributed by atoms with Crippen molar-refractivity contribution < 1.29 is 4.79 Å². The van der Waals surface area contributed by atoms with Gasteiger partial charge in [0.25, 0.3) is 5.91 Å². The number of hydrogen-bond acceptors (Lipinski definition) is 3. The summed E-state index contributed by atoms with van der Waals surface area (Å²) in [5.74, 6) is -0.303. The number of nitrogens with zero attached hydrogens (tertiary/aromatic N) is 3. The fraction of sp³-hybridized carbons (Fsp3) is 0.0556. The Labute approximate surface area is 128 Å². The molecule has 104 valence electrons. The lowest BCUT2D eigenvalue weighted by Crippen LogP contribution is -2.26. The van der Waals surface area contributed by atoms with Crippen LogP contribution in [0.25, 0.3) is 5.57 Å². The van der Waals surface area contributed by atoms with Crippen molar-refractivity contribution in [1.29, 1.82) is 10.5 Å². The molecule has 1 heterocycles. The van der Waals surface area contributed by atoms with E-state index in [0.29, 0.717) is 12.1 Å². The second kappa shape index (κ2) is 5.55. The van der Waals surface area contributed by atoms with Crippen molar-refractivity contribution in [2.24, 2.45) is 0 Å². The SMILES string of the molecule is N#CC(C#N)=C1C(=O)N(Cc2ccccc2)c2ccccc21. The van der Waals surface area contributed by atoms with Gasteiger partial charge in [-0.15, -0.1) is 0 Å². The highest BCUT2D eigenvalue weighted by molar-refractivity contribution is 6.34. The van der Waals surface area contributed by atoms with E-state index >= 15 is 0 Å². The third-order valence-electron chi connectivity index (χ3n) is 3.58. The summed E-state index contributed by atoms with van der Waals surface area (Å²) in [5, 5.41) is 18.2. The van der Waals surface area contributed by atoms with E-state index in [1.54, 1.807) is 17.0 Å². The van der Waals surface area contributed by atoms with E-state index in [0.717, 1.165) is 11.3 Å². The number of hydrogen-bond donors (Lipinski definition) is 0. The lowest BCUT2D eigenvalue weighted by molar-refractivity contribution is -0.113. The number of para-hydroxylation sites is 1. The summed E-state index contributed by atoms with van der Waals surface area (Å²) in [6, 6.07) is 20.5. The van der Waals surface area contributed by atoms with Crippen molar-refractivity contribution in [2.45, 2.75) is 6.54 Å².